The Hall–Kier alpha value is -1.22. The zero-order valence-electron chi connectivity index (χ0n) is 15.3. The molecule has 0 saturated carbocycles. The second-order valence-electron chi connectivity index (χ2n) is 6.85. The first-order chi connectivity index (χ1) is 13.3. The van der Waals surface area contributed by atoms with Gasteiger partial charge in [-0.25, -0.2) is 17.1 Å². The van der Waals surface area contributed by atoms with Gasteiger partial charge in [0.25, 0.3) is 0 Å². The van der Waals surface area contributed by atoms with Crippen LogP contribution in [0.2, 0.25) is 10.0 Å². The summed E-state index contributed by atoms with van der Waals surface area (Å²) in [5, 5.41) is 0.228. The van der Waals surface area contributed by atoms with Gasteiger partial charge in [0.15, 0.2) is 0 Å². The summed E-state index contributed by atoms with van der Waals surface area (Å²) < 4.78 is 39.9. The van der Waals surface area contributed by atoms with Crippen molar-refractivity contribution < 1.29 is 12.8 Å². The summed E-state index contributed by atoms with van der Waals surface area (Å²) >= 11 is 12.1. The van der Waals surface area contributed by atoms with Crippen molar-refractivity contribution in [2.24, 2.45) is 0 Å². The monoisotopic (exact) mass is 445 g/mol. The minimum absolute atomic E-state index is 0.0575. The fourth-order valence-corrected chi connectivity index (χ4v) is 5.58. The summed E-state index contributed by atoms with van der Waals surface area (Å²) in [4.78, 5) is -0.0575. The maximum absolute atomic E-state index is 13.1. The van der Waals surface area contributed by atoms with E-state index in [0.717, 1.165) is 18.4 Å². The van der Waals surface area contributed by atoms with E-state index in [0.29, 0.717) is 13.0 Å². The van der Waals surface area contributed by atoms with Crippen LogP contribution in [0.5, 0.6) is 0 Å². The summed E-state index contributed by atoms with van der Waals surface area (Å²) in [6.07, 6.45) is 2.31. The fraction of sp³-hybridized carbons (Fsp3) is 0.368. The molecule has 0 radical (unpaired) electrons. The second-order valence-corrected chi connectivity index (χ2v) is 9.64. The van der Waals surface area contributed by atoms with Crippen molar-refractivity contribution in [2.45, 2.75) is 36.2 Å². The molecule has 1 aliphatic rings. The number of rotatable bonds is 7. The lowest BCUT2D eigenvalue weighted by Gasteiger charge is -2.19. The van der Waals surface area contributed by atoms with E-state index >= 15 is 0 Å². The highest BCUT2D eigenvalue weighted by atomic mass is 35.5. The first-order valence-corrected chi connectivity index (χ1v) is 11.2. The van der Waals surface area contributed by atoms with E-state index in [1.54, 1.807) is 18.2 Å². The number of benzene rings is 2. The smallest absolute Gasteiger partial charge is 0.245 e. The summed E-state index contributed by atoms with van der Waals surface area (Å²) in [6, 6.07) is 11.4. The Labute approximate surface area is 174 Å². The molecule has 0 aromatic heterocycles. The molecule has 1 saturated heterocycles. The van der Waals surface area contributed by atoms with Crippen molar-refractivity contribution in [1.29, 1.82) is 0 Å². The van der Waals surface area contributed by atoms with E-state index in [1.807, 2.05) is 0 Å². The van der Waals surface area contributed by atoms with E-state index in [-0.39, 0.29) is 32.8 Å². The summed E-state index contributed by atoms with van der Waals surface area (Å²) in [6.45, 7) is 0.350. The van der Waals surface area contributed by atoms with Crippen molar-refractivity contribution in [3.05, 3.63) is 63.9 Å². The van der Waals surface area contributed by atoms with Crippen molar-refractivity contribution >= 4 is 33.2 Å². The van der Waals surface area contributed by atoms with E-state index in [1.165, 1.54) is 35.6 Å². The number of halogens is 3. The van der Waals surface area contributed by atoms with Crippen LogP contribution >= 0.6 is 23.2 Å². The lowest BCUT2D eigenvalue weighted by molar-refractivity contribution is 0.428. The molecular formula is C19H22Cl2FN3O2S. The SMILES string of the molecule is CN(CCCC1CC(c2ccc(F)cc2)NN1)S(=O)(=O)c1c(Cl)cccc1Cl. The van der Waals surface area contributed by atoms with Crippen LogP contribution in [-0.2, 0) is 10.0 Å². The van der Waals surface area contributed by atoms with Crippen molar-refractivity contribution in [2.75, 3.05) is 13.6 Å². The van der Waals surface area contributed by atoms with Crippen molar-refractivity contribution in [1.82, 2.24) is 15.2 Å². The van der Waals surface area contributed by atoms with Gasteiger partial charge in [0.1, 0.15) is 10.7 Å². The number of hydrazine groups is 1. The predicted molar refractivity (Wildman–Crippen MR) is 109 cm³/mol. The van der Waals surface area contributed by atoms with E-state index in [2.05, 4.69) is 10.9 Å². The molecule has 0 aliphatic carbocycles. The molecular weight excluding hydrogens is 424 g/mol. The van der Waals surface area contributed by atoms with Gasteiger partial charge in [-0.15, -0.1) is 0 Å². The van der Waals surface area contributed by atoms with Crippen LogP contribution < -0.4 is 10.9 Å². The van der Waals surface area contributed by atoms with E-state index in [9.17, 15) is 12.8 Å². The number of hydrogen-bond acceptors (Lipinski definition) is 4. The Bertz CT molecular complexity index is 905. The molecule has 9 heteroatoms. The third-order valence-corrected chi connectivity index (χ3v) is 7.68. The zero-order chi connectivity index (χ0) is 20.3. The minimum Gasteiger partial charge on any atom is -0.254 e. The quantitative estimate of drug-likeness (QED) is 0.671. The predicted octanol–water partition coefficient (Wildman–Crippen LogP) is 4.14. The van der Waals surface area contributed by atoms with Gasteiger partial charge in [-0.2, -0.15) is 0 Å². The molecule has 1 heterocycles. The zero-order valence-corrected chi connectivity index (χ0v) is 17.7. The molecule has 2 N–H and O–H groups in total. The Kier molecular flexibility index (Phi) is 6.96. The third kappa shape index (κ3) is 4.84. The van der Waals surface area contributed by atoms with Gasteiger partial charge in [-0.3, -0.25) is 10.9 Å². The first-order valence-electron chi connectivity index (χ1n) is 8.96. The number of nitrogens with one attached hydrogen (secondary N) is 2. The van der Waals surface area contributed by atoms with Crippen LogP contribution in [0.4, 0.5) is 4.39 Å². The highest BCUT2D eigenvalue weighted by molar-refractivity contribution is 7.89. The summed E-state index contributed by atoms with van der Waals surface area (Å²) in [5.74, 6) is -0.255. The molecule has 0 amide bonds. The first kappa shape index (κ1) is 21.5. The third-order valence-electron chi connectivity index (χ3n) is 4.87. The van der Waals surface area contributed by atoms with Gasteiger partial charge < -0.3 is 0 Å². The molecule has 0 bridgehead atoms. The Morgan fingerprint density at radius 3 is 2.39 bits per heavy atom. The fourth-order valence-electron chi connectivity index (χ4n) is 3.29. The Morgan fingerprint density at radius 1 is 1.11 bits per heavy atom. The molecule has 0 spiro atoms. The average molecular weight is 446 g/mol. The lowest BCUT2D eigenvalue weighted by Crippen LogP contribution is -2.32. The highest BCUT2D eigenvalue weighted by Gasteiger charge is 2.28. The standard InChI is InChI=1S/C19H22Cl2FN3O2S/c1-25(28(26,27)19-16(20)5-2-6-17(19)21)11-3-4-15-12-18(24-23-15)13-7-9-14(22)10-8-13/h2,5-10,15,18,23-24H,3-4,11-12H2,1H3. The maximum atomic E-state index is 13.1. The summed E-state index contributed by atoms with van der Waals surface area (Å²) in [7, 11) is -2.23. The lowest BCUT2D eigenvalue weighted by atomic mass is 10.00. The number of sulfonamides is 1. The normalized spacial score (nSPS) is 20.0. The minimum atomic E-state index is -3.76. The molecule has 28 heavy (non-hydrogen) atoms. The van der Waals surface area contributed by atoms with Gasteiger partial charge in [0.2, 0.25) is 10.0 Å². The Balaban J connectivity index is 1.53. The highest BCUT2D eigenvalue weighted by Crippen LogP contribution is 2.31. The van der Waals surface area contributed by atoms with Crippen LogP contribution in [0.15, 0.2) is 47.4 Å². The van der Waals surface area contributed by atoms with Crippen LogP contribution in [-0.4, -0.2) is 32.4 Å². The maximum Gasteiger partial charge on any atom is 0.245 e. The van der Waals surface area contributed by atoms with Gasteiger partial charge in [-0.1, -0.05) is 41.4 Å². The molecule has 5 nitrogen and oxygen atoms in total. The van der Waals surface area contributed by atoms with Gasteiger partial charge in [-0.05, 0) is 49.1 Å². The largest absolute Gasteiger partial charge is 0.254 e. The van der Waals surface area contributed by atoms with Crippen LogP contribution in [0, 0.1) is 5.82 Å². The number of hydrogen-bond donors (Lipinski definition) is 2. The second kappa shape index (κ2) is 9.07. The van der Waals surface area contributed by atoms with E-state index < -0.39 is 10.0 Å². The molecule has 2 atom stereocenters. The van der Waals surface area contributed by atoms with E-state index in [4.69, 9.17) is 23.2 Å². The molecule has 2 aromatic rings. The molecule has 1 fully saturated rings. The van der Waals surface area contributed by atoms with Crippen LogP contribution in [0.3, 0.4) is 0 Å². The van der Waals surface area contributed by atoms with Crippen LogP contribution in [0.1, 0.15) is 30.9 Å². The topological polar surface area (TPSA) is 61.4 Å². The van der Waals surface area contributed by atoms with Gasteiger partial charge in [0.05, 0.1) is 10.0 Å². The van der Waals surface area contributed by atoms with Gasteiger partial charge >= 0.3 is 0 Å². The molecule has 1 aliphatic heterocycles. The number of nitrogens with zero attached hydrogens (tertiary/aromatic N) is 1. The molecule has 152 valence electrons. The van der Waals surface area contributed by atoms with Crippen LogP contribution in [0.25, 0.3) is 0 Å². The van der Waals surface area contributed by atoms with Crippen molar-refractivity contribution in [3.63, 3.8) is 0 Å². The summed E-state index contributed by atoms with van der Waals surface area (Å²) in [5.41, 5.74) is 7.46. The van der Waals surface area contributed by atoms with Crippen molar-refractivity contribution in [3.8, 4) is 0 Å². The average Bonchev–Trinajstić information content (AvgIpc) is 3.10. The van der Waals surface area contributed by atoms with Gasteiger partial charge in [0, 0.05) is 25.7 Å². The molecule has 3 rings (SSSR count). The molecule has 2 aromatic carbocycles. The molecule has 2 unspecified atom stereocenters. The Morgan fingerprint density at radius 2 is 1.75 bits per heavy atom.